The average molecular weight is 311 g/mol. The third-order valence-electron chi connectivity index (χ3n) is 3.07. The van der Waals surface area contributed by atoms with Gasteiger partial charge in [0.05, 0.1) is 5.88 Å². The van der Waals surface area contributed by atoms with Crippen LogP contribution >= 0.6 is 11.8 Å². The fourth-order valence-corrected chi connectivity index (χ4v) is 3.28. The van der Waals surface area contributed by atoms with Gasteiger partial charge in [-0.15, -0.1) is 11.8 Å². The van der Waals surface area contributed by atoms with Gasteiger partial charge in [0.1, 0.15) is 11.8 Å². The number of hydrogen-bond donors (Lipinski definition) is 1. The summed E-state index contributed by atoms with van der Waals surface area (Å²) in [4.78, 5) is 26.3. The lowest BCUT2D eigenvalue weighted by Crippen LogP contribution is -2.45. The van der Waals surface area contributed by atoms with E-state index in [4.69, 9.17) is 4.52 Å². The molecule has 6 nitrogen and oxygen atoms in total. The maximum atomic E-state index is 12.3. The average Bonchev–Trinajstić information content (AvgIpc) is 2.95. The highest BCUT2D eigenvalue weighted by Gasteiger charge is 2.36. The molecule has 21 heavy (non-hydrogen) atoms. The van der Waals surface area contributed by atoms with Gasteiger partial charge in [0.15, 0.2) is 5.82 Å². The van der Waals surface area contributed by atoms with E-state index < -0.39 is 6.04 Å². The maximum Gasteiger partial charge on any atom is 0.249 e. The molecule has 1 aliphatic heterocycles. The van der Waals surface area contributed by atoms with Gasteiger partial charge in [0.25, 0.3) is 0 Å². The molecule has 1 atom stereocenters. The Kier molecular flexibility index (Phi) is 4.61. The Hall–Kier alpha value is -1.50. The van der Waals surface area contributed by atoms with Crippen molar-refractivity contribution in [3.8, 4) is 0 Å². The normalized spacial score (nSPS) is 18.9. The van der Waals surface area contributed by atoms with E-state index in [2.05, 4.69) is 10.5 Å². The van der Waals surface area contributed by atoms with Crippen molar-refractivity contribution in [1.29, 1.82) is 0 Å². The molecule has 1 saturated heterocycles. The molecule has 0 spiro atoms. The third kappa shape index (κ3) is 4.23. The summed E-state index contributed by atoms with van der Waals surface area (Å²) in [7, 11) is 0. The minimum Gasteiger partial charge on any atom is -0.360 e. The molecule has 1 fully saturated rings. The molecule has 2 heterocycles. The molecule has 0 radical (unpaired) electrons. The van der Waals surface area contributed by atoms with Crippen LogP contribution in [0.2, 0.25) is 0 Å². The molecular formula is C14H21N3O3S. The van der Waals surface area contributed by atoms with Gasteiger partial charge in [-0.3, -0.25) is 9.59 Å². The van der Waals surface area contributed by atoms with Gasteiger partial charge in [-0.25, -0.2) is 0 Å². The molecule has 1 aliphatic rings. The lowest BCUT2D eigenvalue weighted by Gasteiger charge is -2.26. The van der Waals surface area contributed by atoms with Gasteiger partial charge < -0.3 is 14.7 Å². The Morgan fingerprint density at radius 1 is 1.52 bits per heavy atom. The van der Waals surface area contributed by atoms with Crippen LogP contribution in [-0.2, 0) is 9.59 Å². The van der Waals surface area contributed by atoms with Crippen molar-refractivity contribution in [1.82, 2.24) is 10.1 Å². The zero-order valence-corrected chi connectivity index (χ0v) is 13.6. The molecule has 0 saturated carbocycles. The Morgan fingerprint density at radius 2 is 2.24 bits per heavy atom. The Morgan fingerprint density at radius 3 is 2.81 bits per heavy atom. The molecule has 0 bridgehead atoms. The minimum atomic E-state index is -0.443. The Labute approximate surface area is 128 Å². The third-order valence-corrected chi connectivity index (χ3v) is 4.08. The first-order valence-electron chi connectivity index (χ1n) is 6.88. The van der Waals surface area contributed by atoms with Gasteiger partial charge in [0, 0.05) is 18.2 Å². The monoisotopic (exact) mass is 311 g/mol. The summed E-state index contributed by atoms with van der Waals surface area (Å²) in [6, 6.07) is 1.21. The van der Waals surface area contributed by atoms with E-state index in [1.807, 2.05) is 20.8 Å². The van der Waals surface area contributed by atoms with Crippen LogP contribution in [0.25, 0.3) is 0 Å². The van der Waals surface area contributed by atoms with Crippen molar-refractivity contribution in [3.63, 3.8) is 0 Å². The first-order chi connectivity index (χ1) is 9.76. The van der Waals surface area contributed by atoms with Gasteiger partial charge in [-0.05, 0) is 12.3 Å². The van der Waals surface area contributed by atoms with Crippen LogP contribution in [0.5, 0.6) is 0 Å². The van der Waals surface area contributed by atoms with Crippen molar-refractivity contribution in [2.45, 2.75) is 40.2 Å². The summed E-state index contributed by atoms with van der Waals surface area (Å²) < 4.78 is 4.92. The first kappa shape index (κ1) is 15.9. The maximum absolute atomic E-state index is 12.3. The van der Waals surface area contributed by atoms with E-state index in [0.717, 1.165) is 0 Å². The van der Waals surface area contributed by atoms with Crippen LogP contribution in [0.3, 0.4) is 0 Å². The predicted octanol–water partition coefficient (Wildman–Crippen LogP) is 2.26. The molecular weight excluding hydrogens is 290 g/mol. The lowest BCUT2D eigenvalue weighted by molar-refractivity contribution is -0.137. The predicted molar refractivity (Wildman–Crippen MR) is 81.9 cm³/mol. The molecule has 7 heteroatoms. The molecule has 0 aromatic carbocycles. The van der Waals surface area contributed by atoms with E-state index in [0.29, 0.717) is 29.6 Å². The molecule has 0 aliphatic carbocycles. The quantitative estimate of drug-likeness (QED) is 0.926. The van der Waals surface area contributed by atoms with Crippen LogP contribution < -0.4 is 5.32 Å². The number of hydrogen-bond acceptors (Lipinski definition) is 5. The number of thioether (sulfide) groups is 1. The van der Waals surface area contributed by atoms with Gasteiger partial charge in [-0.1, -0.05) is 25.9 Å². The van der Waals surface area contributed by atoms with E-state index in [1.54, 1.807) is 29.7 Å². The summed E-state index contributed by atoms with van der Waals surface area (Å²) in [5, 5.41) is 6.44. The fraction of sp³-hybridized carbons (Fsp3) is 0.643. The smallest absolute Gasteiger partial charge is 0.249 e. The largest absolute Gasteiger partial charge is 0.360 e. The zero-order chi connectivity index (χ0) is 15.6. The number of carbonyl (C=O) groups is 2. The Bertz CT molecular complexity index is 536. The number of nitrogens with zero attached hydrogens (tertiary/aromatic N) is 2. The fourth-order valence-electron chi connectivity index (χ4n) is 2.10. The molecule has 1 N–H and O–H groups in total. The Balaban J connectivity index is 2.00. The van der Waals surface area contributed by atoms with Gasteiger partial charge >= 0.3 is 0 Å². The summed E-state index contributed by atoms with van der Waals surface area (Å²) in [6.07, 6.45) is 0.431. The van der Waals surface area contributed by atoms with Crippen molar-refractivity contribution in [2.24, 2.45) is 5.41 Å². The number of aromatic nitrogens is 1. The highest BCUT2D eigenvalue weighted by atomic mass is 32.2. The summed E-state index contributed by atoms with van der Waals surface area (Å²) in [6.45, 7) is 7.80. The number of aryl methyl sites for hydroxylation is 1. The van der Waals surface area contributed by atoms with E-state index in [9.17, 15) is 9.59 Å². The van der Waals surface area contributed by atoms with Crippen molar-refractivity contribution < 1.29 is 14.1 Å². The number of amides is 2. The highest BCUT2D eigenvalue weighted by molar-refractivity contribution is 7.99. The van der Waals surface area contributed by atoms with Crippen LogP contribution in [0.15, 0.2) is 10.6 Å². The molecule has 1 aromatic rings. The topological polar surface area (TPSA) is 75.4 Å². The molecule has 2 rings (SSSR count). The summed E-state index contributed by atoms with van der Waals surface area (Å²) in [5.41, 5.74) is -0.0887. The first-order valence-corrected chi connectivity index (χ1v) is 8.03. The van der Waals surface area contributed by atoms with Crippen LogP contribution in [0.4, 0.5) is 5.82 Å². The molecule has 2 amide bonds. The minimum absolute atomic E-state index is 0.0176. The summed E-state index contributed by atoms with van der Waals surface area (Å²) in [5.74, 6) is 1.99. The zero-order valence-electron chi connectivity index (χ0n) is 12.8. The van der Waals surface area contributed by atoms with E-state index in [1.165, 1.54) is 0 Å². The standard InChI is InChI=1S/C14H21N3O3S/c1-9-5-11(16-20-9)15-13(19)10-7-21-8-17(10)12(18)6-14(2,3)4/h5,10H,6-8H2,1-4H3,(H,15,16,19)/t10-/m1/s1. The second kappa shape index (κ2) is 6.09. The summed E-state index contributed by atoms with van der Waals surface area (Å²) >= 11 is 1.59. The van der Waals surface area contributed by atoms with Gasteiger partial charge in [0.2, 0.25) is 11.8 Å². The van der Waals surface area contributed by atoms with Crippen LogP contribution in [0.1, 0.15) is 33.0 Å². The lowest BCUT2D eigenvalue weighted by atomic mass is 9.91. The SMILES string of the molecule is Cc1cc(NC(=O)[C@H]2CSCN2C(=O)CC(C)(C)C)no1. The van der Waals surface area contributed by atoms with Crippen LogP contribution in [0, 0.1) is 12.3 Å². The van der Waals surface area contributed by atoms with Crippen molar-refractivity contribution in [3.05, 3.63) is 11.8 Å². The number of rotatable bonds is 3. The number of nitrogens with one attached hydrogen (secondary N) is 1. The number of anilines is 1. The van der Waals surface area contributed by atoms with Crippen molar-refractivity contribution in [2.75, 3.05) is 16.9 Å². The van der Waals surface area contributed by atoms with Crippen molar-refractivity contribution >= 4 is 29.4 Å². The molecule has 0 unspecified atom stereocenters. The number of carbonyl (C=O) groups excluding carboxylic acids is 2. The second-order valence-corrected chi connectivity index (χ2v) is 7.43. The highest BCUT2D eigenvalue weighted by Crippen LogP contribution is 2.27. The second-order valence-electron chi connectivity index (χ2n) is 6.43. The van der Waals surface area contributed by atoms with E-state index in [-0.39, 0.29) is 17.2 Å². The van der Waals surface area contributed by atoms with Gasteiger partial charge in [-0.2, -0.15) is 0 Å². The van der Waals surface area contributed by atoms with Crippen LogP contribution in [-0.4, -0.2) is 39.5 Å². The molecule has 1 aromatic heterocycles. The molecule has 116 valence electrons. The van der Waals surface area contributed by atoms with E-state index >= 15 is 0 Å².